The molecule has 0 bridgehead atoms. The van der Waals surface area contributed by atoms with Crippen molar-refractivity contribution in [2.75, 3.05) is 12.4 Å². The summed E-state index contributed by atoms with van der Waals surface area (Å²) < 4.78 is 12.6. The van der Waals surface area contributed by atoms with Gasteiger partial charge in [-0.25, -0.2) is 4.39 Å². The highest BCUT2D eigenvalue weighted by atomic mass is 32.2. The molecule has 0 aromatic heterocycles. The van der Waals surface area contributed by atoms with E-state index in [0.29, 0.717) is 5.75 Å². The summed E-state index contributed by atoms with van der Waals surface area (Å²) in [5.41, 5.74) is 0.924. The van der Waals surface area contributed by atoms with Crippen molar-refractivity contribution >= 4 is 11.8 Å². The van der Waals surface area contributed by atoms with Gasteiger partial charge >= 0.3 is 0 Å². The van der Waals surface area contributed by atoms with Crippen molar-refractivity contribution in [2.24, 2.45) is 0 Å². The maximum atomic E-state index is 12.6. The molecule has 1 nitrogen and oxygen atoms in total. The Labute approximate surface area is 75.6 Å². The molecule has 0 fully saturated rings. The molecule has 0 spiro atoms. The molecule has 1 aromatic rings. The lowest BCUT2D eigenvalue weighted by atomic mass is 10.2. The van der Waals surface area contributed by atoms with Gasteiger partial charge in [-0.1, -0.05) is 0 Å². The summed E-state index contributed by atoms with van der Waals surface area (Å²) in [7, 11) is 0. The first kappa shape index (κ1) is 9.55. The molecule has 1 rings (SSSR count). The van der Waals surface area contributed by atoms with Gasteiger partial charge < -0.3 is 5.11 Å². The molecule has 0 atom stereocenters. The highest BCUT2D eigenvalue weighted by molar-refractivity contribution is 7.99. The highest BCUT2D eigenvalue weighted by Gasteiger charge is 1.99. The van der Waals surface area contributed by atoms with Crippen LogP contribution in [0.2, 0.25) is 0 Å². The average molecular weight is 186 g/mol. The number of aliphatic hydroxyl groups excluding tert-OH is 1. The van der Waals surface area contributed by atoms with E-state index < -0.39 is 0 Å². The number of halogens is 1. The van der Waals surface area contributed by atoms with Crippen LogP contribution in [0, 0.1) is 12.7 Å². The molecule has 0 amide bonds. The second-order valence-corrected chi connectivity index (χ2v) is 3.62. The number of rotatable bonds is 3. The van der Waals surface area contributed by atoms with Crippen molar-refractivity contribution in [1.29, 1.82) is 0 Å². The van der Waals surface area contributed by atoms with E-state index in [0.717, 1.165) is 10.5 Å². The van der Waals surface area contributed by atoms with Crippen molar-refractivity contribution in [3.05, 3.63) is 29.6 Å². The molecule has 0 saturated heterocycles. The molecule has 0 saturated carbocycles. The van der Waals surface area contributed by atoms with E-state index in [1.165, 1.54) is 23.9 Å². The zero-order chi connectivity index (χ0) is 8.97. The number of aryl methyl sites for hydroxylation is 1. The Morgan fingerprint density at radius 2 is 2.25 bits per heavy atom. The van der Waals surface area contributed by atoms with E-state index in [2.05, 4.69) is 0 Å². The van der Waals surface area contributed by atoms with E-state index in [-0.39, 0.29) is 12.4 Å². The SMILES string of the molecule is Cc1cc(F)ccc1SCCO. The lowest BCUT2D eigenvalue weighted by Gasteiger charge is -2.03. The van der Waals surface area contributed by atoms with Crippen molar-refractivity contribution in [1.82, 2.24) is 0 Å². The molecule has 0 heterocycles. The minimum atomic E-state index is -0.208. The minimum Gasteiger partial charge on any atom is -0.396 e. The third-order valence-corrected chi connectivity index (χ3v) is 2.64. The lowest BCUT2D eigenvalue weighted by Crippen LogP contribution is -1.88. The van der Waals surface area contributed by atoms with Crippen LogP contribution in [-0.4, -0.2) is 17.5 Å². The van der Waals surface area contributed by atoms with Crippen LogP contribution in [0.15, 0.2) is 23.1 Å². The Kier molecular flexibility index (Phi) is 3.56. The van der Waals surface area contributed by atoms with E-state index in [1.54, 1.807) is 6.07 Å². The van der Waals surface area contributed by atoms with Crippen LogP contribution in [-0.2, 0) is 0 Å². The molecule has 0 aliphatic heterocycles. The van der Waals surface area contributed by atoms with Gasteiger partial charge in [-0.3, -0.25) is 0 Å². The highest BCUT2D eigenvalue weighted by Crippen LogP contribution is 2.22. The van der Waals surface area contributed by atoms with Gasteiger partial charge in [-0.05, 0) is 30.7 Å². The maximum absolute atomic E-state index is 12.6. The Morgan fingerprint density at radius 3 is 2.83 bits per heavy atom. The zero-order valence-corrected chi connectivity index (χ0v) is 7.70. The topological polar surface area (TPSA) is 20.2 Å². The normalized spacial score (nSPS) is 10.2. The van der Waals surface area contributed by atoms with Gasteiger partial charge in [0.25, 0.3) is 0 Å². The standard InChI is InChI=1S/C9H11FOS/c1-7-6-8(10)2-3-9(7)12-5-4-11/h2-3,6,11H,4-5H2,1H3. The second-order valence-electron chi connectivity index (χ2n) is 2.48. The fourth-order valence-electron chi connectivity index (χ4n) is 0.930. The first-order valence-corrected chi connectivity index (χ1v) is 4.72. The smallest absolute Gasteiger partial charge is 0.123 e. The zero-order valence-electron chi connectivity index (χ0n) is 6.88. The number of hydrogen-bond donors (Lipinski definition) is 1. The molecule has 66 valence electrons. The summed E-state index contributed by atoms with van der Waals surface area (Å²) >= 11 is 1.54. The van der Waals surface area contributed by atoms with Gasteiger partial charge in [0.1, 0.15) is 5.82 Å². The summed E-state index contributed by atoms with van der Waals surface area (Å²) in [6.07, 6.45) is 0. The molecule has 0 aliphatic carbocycles. The second kappa shape index (κ2) is 4.48. The predicted octanol–water partition coefficient (Wildman–Crippen LogP) is 2.22. The molecule has 0 unspecified atom stereocenters. The molecule has 0 radical (unpaired) electrons. The Balaban J connectivity index is 2.72. The van der Waals surface area contributed by atoms with Crippen LogP contribution in [0.25, 0.3) is 0 Å². The number of thioether (sulfide) groups is 1. The average Bonchev–Trinajstić information content (AvgIpc) is 2.03. The summed E-state index contributed by atoms with van der Waals surface area (Å²) in [6.45, 7) is 2.02. The molecular weight excluding hydrogens is 175 g/mol. The third-order valence-electron chi connectivity index (χ3n) is 1.49. The predicted molar refractivity (Wildman–Crippen MR) is 48.9 cm³/mol. The molecule has 3 heteroatoms. The van der Waals surface area contributed by atoms with Crippen LogP contribution in [0.5, 0.6) is 0 Å². The molecule has 0 aliphatic rings. The monoisotopic (exact) mass is 186 g/mol. The van der Waals surface area contributed by atoms with Crippen molar-refractivity contribution < 1.29 is 9.50 Å². The molecular formula is C9H11FOS. The third kappa shape index (κ3) is 2.50. The van der Waals surface area contributed by atoms with Gasteiger partial charge in [0.2, 0.25) is 0 Å². The summed E-state index contributed by atoms with van der Waals surface area (Å²) in [4.78, 5) is 1.03. The van der Waals surface area contributed by atoms with Crippen molar-refractivity contribution in [3.8, 4) is 0 Å². The quantitative estimate of drug-likeness (QED) is 0.730. The number of aliphatic hydroxyl groups is 1. The van der Waals surface area contributed by atoms with E-state index >= 15 is 0 Å². The largest absolute Gasteiger partial charge is 0.396 e. The fourth-order valence-corrected chi connectivity index (χ4v) is 1.69. The van der Waals surface area contributed by atoms with Crippen LogP contribution in [0.4, 0.5) is 4.39 Å². The summed E-state index contributed by atoms with van der Waals surface area (Å²) in [5.74, 6) is 0.452. The van der Waals surface area contributed by atoms with Crippen molar-refractivity contribution in [2.45, 2.75) is 11.8 Å². The van der Waals surface area contributed by atoms with Gasteiger partial charge in [-0.2, -0.15) is 0 Å². The van der Waals surface area contributed by atoms with E-state index in [1.807, 2.05) is 6.92 Å². The van der Waals surface area contributed by atoms with Crippen molar-refractivity contribution in [3.63, 3.8) is 0 Å². The van der Waals surface area contributed by atoms with Gasteiger partial charge in [0, 0.05) is 10.6 Å². The van der Waals surface area contributed by atoms with Gasteiger partial charge in [0.15, 0.2) is 0 Å². The Bertz CT molecular complexity index is 263. The van der Waals surface area contributed by atoms with Gasteiger partial charge in [0.05, 0.1) is 6.61 Å². The molecule has 12 heavy (non-hydrogen) atoms. The Hall–Kier alpha value is -0.540. The van der Waals surface area contributed by atoms with Crippen LogP contribution < -0.4 is 0 Å². The van der Waals surface area contributed by atoms with Gasteiger partial charge in [-0.15, -0.1) is 11.8 Å². The molecule has 1 aromatic carbocycles. The first-order chi connectivity index (χ1) is 5.74. The Morgan fingerprint density at radius 1 is 1.50 bits per heavy atom. The van der Waals surface area contributed by atoms with E-state index in [9.17, 15) is 4.39 Å². The van der Waals surface area contributed by atoms with E-state index in [4.69, 9.17) is 5.11 Å². The summed E-state index contributed by atoms with van der Waals surface area (Å²) in [6, 6.07) is 4.68. The number of hydrogen-bond acceptors (Lipinski definition) is 2. The van der Waals surface area contributed by atoms with Crippen LogP contribution >= 0.6 is 11.8 Å². The summed E-state index contributed by atoms with van der Waals surface area (Å²) in [5, 5.41) is 8.58. The van der Waals surface area contributed by atoms with Crippen LogP contribution in [0.3, 0.4) is 0 Å². The first-order valence-electron chi connectivity index (χ1n) is 3.74. The lowest BCUT2D eigenvalue weighted by molar-refractivity contribution is 0.322. The maximum Gasteiger partial charge on any atom is 0.123 e. The fraction of sp³-hybridized carbons (Fsp3) is 0.333. The molecule has 1 N–H and O–H groups in total. The van der Waals surface area contributed by atoms with Crippen LogP contribution in [0.1, 0.15) is 5.56 Å². The number of benzene rings is 1. The minimum absolute atomic E-state index is 0.154.